The van der Waals surface area contributed by atoms with Crippen LogP contribution in [-0.4, -0.2) is 52.4 Å². The van der Waals surface area contributed by atoms with Gasteiger partial charge in [0.25, 0.3) is 5.91 Å². The first-order valence-electron chi connectivity index (χ1n) is 8.37. The van der Waals surface area contributed by atoms with Crippen LogP contribution in [0.1, 0.15) is 22.8 Å². The Kier molecular flexibility index (Phi) is 5.23. The Morgan fingerprint density at radius 2 is 2.00 bits per heavy atom. The number of carbonyl (C=O) groups is 2. The van der Waals surface area contributed by atoms with E-state index >= 15 is 0 Å². The highest BCUT2D eigenvalue weighted by atomic mass is 16.2. The summed E-state index contributed by atoms with van der Waals surface area (Å²) in [4.78, 5) is 35.1. The second kappa shape index (κ2) is 7.74. The lowest BCUT2D eigenvalue weighted by molar-refractivity contribution is -0.127. The predicted molar refractivity (Wildman–Crippen MR) is 94.2 cm³/mol. The second-order valence-electron chi connectivity index (χ2n) is 5.82. The van der Waals surface area contributed by atoms with Crippen LogP contribution in [-0.2, 0) is 11.2 Å². The highest BCUT2D eigenvalue weighted by Gasteiger charge is 2.33. The van der Waals surface area contributed by atoms with Gasteiger partial charge in [-0.05, 0) is 12.5 Å². The molecule has 130 valence electrons. The number of rotatable bonds is 5. The van der Waals surface area contributed by atoms with Crippen LogP contribution in [0.2, 0.25) is 0 Å². The van der Waals surface area contributed by atoms with Gasteiger partial charge in [-0.15, -0.1) is 0 Å². The lowest BCUT2D eigenvalue weighted by atomic mass is 10.0. The van der Waals surface area contributed by atoms with E-state index in [0.717, 1.165) is 5.56 Å². The third-order valence-electron chi connectivity index (χ3n) is 4.10. The van der Waals surface area contributed by atoms with Crippen molar-refractivity contribution < 1.29 is 9.59 Å². The fourth-order valence-electron chi connectivity index (χ4n) is 2.85. The summed E-state index contributed by atoms with van der Waals surface area (Å²) in [6, 6.07) is 9.16. The first kappa shape index (κ1) is 16.9. The highest BCUT2D eigenvalue weighted by molar-refractivity contribution is 5.98. The van der Waals surface area contributed by atoms with Crippen LogP contribution in [0.5, 0.6) is 0 Å². The van der Waals surface area contributed by atoms with Crippen LogP contribution >= 0.6 is 0 Å². The minimum absolute atomic E-state index is 0.131. The summed E-state index contributed by atoms with van der Waals surface area (Å²) < 4.78 is 0. The molecule has 1 aromatic heterocycles. The van der Waals surface area contributed by atoms with Gasteiger partial charge in [0.1, 0.15) is 6.04 Å². The summed E-state index contributed by atoms with van der Waals surface area (Å²) in [7, 11) is 0. The summed E-state index contributed by atoms with van der Waals surface area (Å²) in [6.07, 6.45) is 3.48. The average molecular weight is 339 g/mol. The number of hydrogen-bond acceptors (Lipinski definition) is 5. The van der Waals surface area contributed by atoms with E-state index in [2.05, 4.69) is 20.6 Å². The summed E-state index contributed by atoms with van der Waals surface area (Å²) >= 11 is 0. The molecule has 2 heterocycles. The Hall–Kier alpha value is -2.96. The maximum absolute atomic E-state index is 12.9. The third kappa shape index (κ3) is 3.93. The van der Waals surface area contributed by atoms with Gasteiger partial charge >= 0.3 is 0 Å². The zero-order valence-corrected chi connectivity index (χ0v) is 14.1. The average Bonchev–Trinajstić information content (AvgIpc) is 2.65. The van der Waals surface area contributed by atoms with Gasteiger partial charge < -0.3 is 15.5 Å². The number of amides is 2. The van der Waals surface area contributed by atoms with Crippen molar-refractivity contribution >= 4 is 17.8 Å². The monoisotopic (exact) mass is 339 g/mol. The fourth-order valence-corrected chi connectivity index (χ4v) is 2.85. The van der Waals surface area contributed by atoms with Crippen molar-refractivity contribution in [3.63, 3.8) is 0 Å². The van der Waals surface area contributed by atoms with Crippen LogP contribution in [0, 0.1) is 0 Å². The summed E-state index contributed by atoms with van der Waals surface area (Å²) in [6.45, 7) is 3.57. The smallest absolute Gasteiger partial charge is 0.257 e. The molecule has 0 bridgehead atoms. The molecule has 7 nitrogen and oxygen atoms in total. The molecule has 0 spiro atoms. The highest BCUT2D eigenvalue weighted by Crippen LogP contribution is 2.15. The molecule has 1 atom stereocenters. The zero-order valence-electron chi connectivity index (χ0n) is 14.1. The van der Waals surface area contributed by atoms with Crippen LogP contribution in [0.3, 0.4) is 0 Å². The van der Waals surface area contributed by atoms with Crippen molar-refractivity contribution in [3.05, 3.63) is 53.9 Å². The van der Waals surface area contributed by atoms with Crippen molar-refractivity contribution in [2.75, 3.05) is 25.0 Å². The SMILES string of the molecule is CCNc1ncc(C(=O)N2CCNC(=O)[C@@H]2Cc2ccccc2)cn1. The quantitative estimate of drug-likeness (QED) is 0.851. The zero-order chi connectivity index (χ0) is 17.6. The Bertz CT molecular complexity index is 733. The molecule has 2 N–H and O–H groups in total. The Morgan fingerprint density at radius 3 is 2.68 bits per heavy atom. The summed E-state index contributed by atoms with van der Waals surface area (Å²) in [5.74, 6) is 0.128. The molecule has 0 aliphatic carbocycles. The molecule has 0 unspecified atom stereocenters. The minimum Gasteiger partial charge on any atom is -0.355 e. The Morgan fingerprint density at radius 1 is 1.28 bits per heavy atom. The number of nitrogens with zero attached hydrogens (tertiary/aromatic N) is 3. The number of nitrogens with one attached hydrogen (secondary N) is 2. The van der Waals surface area contributed by atoms with E-state index in [9.17, 15) is 9.59 Å². The minimum atomic E-state index is -0.530. The van der Waals surface area contributed by atoms with E-state index in [1.54, 1.807) is 4.90 Å². The van der Waals surface area contributed by atoms with Crippen molar-refractivity contribution in [1.29, 1.82) is 0 Å². The van der Waals surface area contributed by atoms with E-state index < -0.39 is 6.04 Å². The van der Waals surface area contributed by atoms with Crippen molar-refractivity contribution in [2.24, 2.45) is 0 Å². The molecular weight excluding hydrogens is 318 g/mol. The molecule has 1 aliphatic heterocycles. The van der Waals surface area contributed by atoms with Gasteiger partial charge in [-0.3, -0.25) is 9.59 Å². The molecule has 0 radical (unpaired) electrons. The first-order valence-corrected chi connectivity index (χ1v) is 8.37. The van der Waals surface area contributed by atoms with Crippen LogP contribution in [0.15, 0.2) is 42.7 Å². The number of hydrogen-bond donors (Lipinski definition) is 2. The number of anilines is 1. The van der Waals surface area contributed by atoms with Gasteiger partial charge in [0, 0.05) is 38.4 Å². The maximum atomic E-state index is 12.9. The molecule has 1 aromatic carbocycles. The Labute approximate surface area is 146 Å². The third-order valence-corrected chi connectivity index (χ3v) is 4.10. The van der Waals surface area contributed by atoms with E-state index in [4.69, 9.17) is 0 Å². The van der Waals surface area contributed by atoms with E-state index in [-0.39, 0.29) is 11.8 Å². The van der Waals surface area contributed by atoms with E-state index in [1.165, 1.54) is 12.4 Å². The lowest BCUT2D eigenvalue weighted by Crippen LogP contribution is -2.58. The van der Waals surface area contributed by atoms with Gasteiger partial charge in [-0.25, -0.2) is 9.97 Å². The molecule has 2 aromatic rings. The largest absolute Gasteiger partial charge is 0.355 e. The molecule has 1 saturated heterocycles. The molecule has 2 amide bonds. The van der Waals surface area contributed by atoms with Crippen LogP contribution in [0.4, 0.5) is 5.95 Å². The van der Waals surface area contributed by atoms with E-state index in [0.29, 0.717) is 37.6 Å². The molecule has 0 saturated carbocycles. The summed E-state index contributed by atoms with van der Waals surface area (Å²) in [5.41, 5.74) is 1.40. The summed E-state index contributed by atoms with van der Waals surface area (Å²) in [5, 5.41) is 5.83. The van der Waals surface area contributed by atoms with Crippen molar-refractivity contribution in [2.45, 2.75) is 19.4 Å². The molecule has 1 aliphatic rings. The number of aromatic nitrogens is 2. The standard InChI is InChI=1S/C18H21N5O2/c1-2-19-18-21-11-14(12-22-18)17(25)23-9-8-20-16(24)15(23)10-13-6-4-3-5-7-13/h3-7,11-12,15H,2,8-10H2,1H3,(H,20,24)(H,19,21,22)/t15-/m0/s1. The van der Waals surface area contributed by atoms with Crippen molar-refractivity contribution in [1.82, 2.24) is 20.2 Å². The molecule has 3 rings (SSSR count). The molecular formula is C18H21N5O2. The number of piperazine rings is 1. The van der Waals surface area contributed by atoms with Gasteiger partial charge in [-0.1, -0.05) is 30.3 Å². The first-order chi connectivity index (χ1) is 12.2. The number of benzene rings is 1. The molecule has 25 heavy (non-hydrogen) atoms. The van der Waals surface area contributed by atoms with Crippen molar-refractivity contribution in [3.8, 4) is 0 Å². The van der Waals surface area contributed by atoms with Crippen LogP contribution in [0.25, 0.3) is 0 Å². The fraction of sp³-hybridized carbons (Fsp3) is 0.333. The Balaban J connectivity index is 1.79. The van der Waals surface area contributed by atoms with E-state index in [1.807, 2.05) is 37.3 Å². The topological polar surface area (TPSA) is 87.2 Å². The number of carbonyl (C=O) groups excluding carboxylic acids is 2. The van der Waals surface area contributed by atoms with Gasteiger partial charge in [0.15, 0.2) is 0 Å². The van der Waals surface area contributed by atoms with Gasteiger partial charge in [-0.2, -0.15) is 0 Å². The maximum Gasteiger partial charge on any atom is 0.257 e. The molecule has 1 fully saturated rings. The van der Waals surface area contributed by atoms with Crippen LogP contribution < -0.4 is 10.6 Å². The van der Waals surface area contributed by atoms with Gasteiger partial charge in [0.05, 0.1) is 5.56 Å². The second-order valence-corrected chi connectivity index (χ2v) is 5.82. The lowest BCUT2D eigenvalue weighted by Gasteiger charge is -2.35. The normalized spacial score (nSPS) is 17.1. The van der Waals surface area contributed by atoms with Gasteiger partial charge in [0.2, 0.25) is 11.9 Å². The predicted octanol–water partition coefficient (Wildman–Crippen LogP) is 1.09. The molecule has 7 heteroatoms.